The van der Waals surface area contributed by atoms with E-state index in [0.29, 0.717) is 5.92 Å². The van der Waals surface area contributed by atoms with Gasteiger partial charge in [0.1, 0.15) is 6.29 Å². The number of nitrogens with zero attached hydrogens (tertiary/aromatic N) is 2. The fourth-order valence-electron chi connectivity index (χ4n) is 1.61. The SMILES string of the molecule is CN1CC(C=O)C1.CN1CCNCC1. The molecule has 0 radical (unpaired) electrons. The molecular formula is C10H21N3O. The van der Waals surface area contributed by atoms with Gasteiger partial charge in [-0.05, 0) is 14.1 Å². The van der Waals surface area contributed by atoms with Crippen molar-refractivity contribution in [3.05, 3.63) is 0 Å². The molecular weight excluding hydrogens is 178 g/mol. The molecule has 82 valence electrons. The highest BCUT2D eigenvalue weighted by Crippen LogP contribution is 2.07. The van der Waals surface area contributed by atoms with E-state index in [-0.39, 0.29) is 0 Å². The summed E-state index contributed by atoms with van der Waals surface area (Å²) in [4.78, 5) is 14.4. The van der Waals surface area contributed by atoms with Gasteiger partial charge in [-0.2, -0.15) is 0 Å². The smallest absolute Gasteiger partial charge is 0.125 e. The lowest BCUT2D eigenvalue weighted by atomic mass is 10.0. The average molecular weight is 199 g/mol. The molecule has 2 heterocycles. The molecule has 2 aliphatic heterocycles. The Hall–Kier alpha value is -0.450. The van der Waals surface area contributed by atoms with Crippen LogP contribution in [0.4, 0.5) is 0 Å². The van der Waals surface area contributed by atoms with Gasteiger partial charge in [0.25, 0.3) is 0 Å². The molecule has 4 nitrogen and oxygen atoms in total. The third kappa shape index (κ3) is 4.17. The first-order valence-electron chi connectivity index (χ1n) is 5.25. The van der Waals surface area contributed by atoms with Crippen molar-refractivity contribution >= 4 is 6.29 Å². The minimum Gasteiger partial charge on any atom is -0.314 e. The third-order valence-corrected chi connectivity index (χ3v) is 2.63. The van der Waals surface area contributed by atoms with Gasteiger partial charge in [-0.1, -0.05) is 0 Å². The van der Waals surface area contributed by atoms with E-state index in [1.807, 2.05) is 7.05 Å². The number of likely N-dealkylation sites (tertiary alicyclic amines) is 1. The van der Waals surface area contributed by atoms with E-state index in [0.717, 1.165) is 32.5 Å². The quantitative estimate of drug-likeness (QED) is 0.565. The van der Waals surface area contributed by atoms with Gasteiger partial charge in [-0.3, -0.25) is 0 Å². The number of hydrogen-bond acceptors (Lipinski definition) is 4. The van der Waals surface area contributed by atoms with Crippen LogP contribution in [0.15, 0.2) is 0 Å². The lowest BCUT2D eigenvalue weighted by Gasteiger charge is -2.31. The molecule has 0 aromatic rings. The normalized spacial score (nSPS) is 24.7. The van der Waals surface area contributed by atoms with Crippen molar-refractivity contribution in [1.82, 2.24) is 15.1 Å². The Kier molecular flexibility index (Phi) is 5.07. The summed E-state index contributed by atoms with van der Waals surface area (Å²) in [6, 6.07) is 0. The number of nitrogens with one attached hydrogen (secondary N) is 1. The summed E-state index contributed by atoms with van der Waals surface area (Å²) in [7, 11) is 4.17. The molecule has 0 atom stereocenters. The maximum absolute atomic E-state index is 9.91. The number of carbonyl (C=O) groups excluding carboxylic acids is 1. The maximum atomic E-state index is 9.91. The second kappa shape index (κ2) is 6.11. The predicted molar refractivity (Wildman–Crippen MR) is 57.4 cm³/mol. The van der Waals surface area contributed by atoms with Gasteiger partial charge in [0.2, 0.25) is 0 Å². The molecule has 2 fully saturated rings. The molecule has 0 saturated carbocycles. The van der Waals surface area contributed by atoms with Gasteiger partial charge in [-0.15, -0.1) is 0 Å². The van der Waals surface area contributed by atoms with Crippen LogP contribution < -0.4 is 5.32 Å². The van der Waals surface area contributed by atoms with E-state index in [2.05, 4.69) is 22.2 Å². The van der Waals surface area contributed by atoms with E-state index < -0.39 is 0 Å². The molecule has 1 N–H and O–H groups in total. The molecule has 4 heteroatoms. The van der Waals surface area contributed by atoms with Crippen molar-refractivity contribution in [3.8, 4) is 0 Å². The summed E-state index contributed by atoms with van der Waals surface area (Å²) in [6.07, 6.45) is 1.03. The molecule has 2 saturated heterocycles. The van der Waals surface area contributed by atoms with Gasteiger partial charge >= 0.3 is 0 Å². The predicted octanol–water partition coefficient (Wildman–Crippen LogP) is -0.732. The Balaban J connectivity index is 0.000000140. The number of hydrogen-bond donors (Lipinski definition) is 1. The Morgan fingerprint density at radius 3 is 1.93 bits per heavy atom. The van der Waals surface area contributed by atoms with Crippen molar-refractivity contribution in [3.63, 3.8) is 0 Å². The van der Waals surface area contributed by atoms with Crippen LogP contribution in [0.25, 0.3) is 0 Å². The standard InChI is InChI=1S/C5H12N2.C5H9NO/c1-7-4-2-6-3-5-7;1-6-2-5(3-6)4-7/h6H,2-5H2,1H3;4-5H,2-3H2,1H3. The van der Waals surface area contributed by atoms with Crippen LogP contribution in [0.1, 0.15) is 0 Å². The Morgan fingerprint density at radius 2 is 1.71 bits per heavy atom. The summed E-state index contributed by atoms with van der Waals surface area (Å²) in [5, 5.41) is 3.27. The van der Waals surface area contributed by atoms with E-state index in [4.69, 9.17) is 0 Å². The topological polar surface area (TPSA) is 35.6 Å². The summed E-state index contributed by atoms with van der Waals surface area (Å²) in [6.45, 7) is 6.67. The molecule has 14 heavy (non-hydrogen) atoms. The van der Waals surface area contributed by atoms with E-state index in [1.165, 1.54) is 13.1 Å². The Bertz CT molecular complexity index is 163. The molecule has 2 rings (SSSR count). The van der Waals surface area contributed by atoms with Gasteiger partial charge in [0.15, 0.2) is 0 Å². The first-order chi connectivity index (χ1) is 6.72. The number of carbonyl (C=O) groups is 1. The third-order valence-electron chi connectivity index (χ3n) is 2.63. The summed E-state index contributed by atoms with van der Waals surface area (Å²) in [5.41, 5.74) is 0. The Labute approximate surface area is 86.2 Å². The highest BCUT2D eigenvalue weighted by Gasteiger charge is 2.21. The fraction of sp³-hybridized carbons (Fsp3) is 0.900. The highest BCUT2D eigenvalue weighted by atomic mass is 16.1. The molecule has 0 amide bonds. The number of rotatable bonds is 1. The van der Waals surface area contributed by atoms with Gasteiger partial charge in [0, 0.05) is 45.2 Å². The van der Waals surface area contributed by atoms with Crippen molar-refractivity contribution in [2.75, 3.05) is 53.4 Å². The maximum Gasteiger partial charge on any atom is 0.125 e. The first-order valence-corrected chi connectivity index (χ1v) is 5.25. The molecule has 0 aromatic heterocycles. The Morgan fingerprint density at radius 1 is 1.14 bits per heavy atom. The largest absolute Gasteiger partial charge is 0.314 e. The fourth-order valence-corrected chi connectivity index (χ4v) is 1.61. The van der Waals surface area contributed by atoms with Gasteiger partial charge in [0.05, 0.1) is 0 Å². The number of piperazine rings is 1. The van der Waals surface area contributed by atoms with E-state index in [1.54, 1.807) is 0 Å². The van der Waals surface area contributed by atoms with Crippen LogP contribution in [0.2, 0.25) is 0 Å². The van der Waals surface area contributed by atoms with Crippen molar-refractivity contribution in [2.45, 2.75) is 0 Å². The second-order valence-corrected chi connectivity index (χ2v) is 4.17. The van der Waals surface area contributed by atoms with Crippen molar-refractivity contribution in [2.24, 2.45) is 5.92 Å². The van der Waals surface area contributed by atoms with Crippen LogP contribution in [0.5, 0.6) is 0 Å². The van der Waals surface area contributed by atoms with Crippen LogP contribution >= 0.6 is 0 Å². The lowest BCUT2D eigenvalue weighted by molar-refractivity contribution is -0.115. The van der Waals surface area contributed by atoms with Gasteiger partial charge < -0.3 is 19.9 Å². The average Bonchev–Trinajstić information content (AvgIpc) is 2.15. The van der Waals surface area contributed by atoms with Crippen molar-refractivity contribution in [1.29, 1.82) is 0 Å². The molecule has 0 bridgehead atoms. The summed E-state index contributed by atoms with van der Waals surface area (Å²) in [5.74, 6) is 0.338. The minimum absolute atomic E-state index is 0.338. The van der Waals surface area contributed by atoms with Crippen LogP contribution in [0, 0.1) is 5.92 Å². The highest BCUT2D eigenvalue weighted by molar-refractivity contribution is 5.55. The zero-order chi connectivity index (χ0) is 10.4. The first kappa shape index (κ1) is 11.6. The number of likely N-dealkylation sites (N-methyl/N-ethyl adjacent to an activating group) is 1. The minimum atomic E-state index is 0.338. The van der Waals surface area contributed by atoms with E-state index >= 15 is 0 Å². The molecule has 0 aliphatic carbocycles. The molecule has 0 spiro atoms. The monoisotopic (exact) mass is 199 g/mol. The molecule has 2 aliphatic rings. The molecule has 0 aromatic carbocycles. The number of aldehydes is 1. The van der Waals surface area contributed by atoms with Crippen molar-refractivity contribution < 1.29 is 4.79 Å². The summed E-state index contributed by atoms with van der Waals surface area (Å²) < 4.78 is 0. The zero-order valence-corrected chi connectivity index (χ0v) is 9.20. The van der Waals surface area contributed by atoms with Crippen LogP contribution in [-0.2, 0) is 4.79 Å². The van der Waals surface area contributed by atoms with Crippen LogP contribution in [-0.4, -0.2) is 69.4 Å². The second-order valence-electron chi connectivity index (χ2n) is 4.17. The zero-order valence-electron chi connectivity index (χ0n) is 9.20. The van der Waals surface area contributed by atoms with E-state index in [9.17, 15) is 4.79 Å². The molecule has 0 unspecified atom stereocenters. The lowest BCUT2D eigenvalue weighted by Crippen LogP contribution is -2.44. The van der Waals surface area contributed by atoms with Gasteiger partial charge in [-0.25, -0.2) is 0 Å². The van der Waals surface area contributed by atoms with Crippen LogP contribution in [0.3, 0.4) is 0 Å². The summed E-state index contributed by atoms with van der Waals surface area (Å²) >= 11 is 0.